The molecule has 0 N–H and O–H groups in total. The van der Waals surface area contributed by atoms with Gasteiger partial charge in [-0.2, -0.15) is 0 Å². The van der Waals surface area contributed by atoms with Crippen LogP contribution in [-0.2, 0) is 11.2 Å². The maximum Gasteiger partial charge on any atom is 0.257 e. The number of piperazine rings is 1. The van der Waals surface area contributed by atoms with Crippen molar-refractivity contribution in [3.8, 4) is 17.2 Å². The van der Waals surface area contributed by atoms with Gasteiger partial charge in [-0.25, -0.2) is 0 Å². The lowest BCUT2D eigenvalue weighted by molar-refractivity contribution is -0.133. The molecule has 236 valence electrons. The van der Waals surface area contributed by atoms with Crippen LogP contribution in [0.25, 0.3) is 5.69 Å². The fraction of sp³-hybridized carbons (Fsp3) is 0.371. The molecule has 4 aromatic rings. The zero-order chi connectivity index (χ0) is 31.8. The molecule has 1 saturated heterocycles. The number of aryl methyl sites for hydroxylation is 1. The molecule has 9 nitrogen and oxygen atoms in total. The second-order valence-corrected chi connectivity index (χ2v) is 12.4. The standard InChI is InChI=1S/C35H41N5O4S/c1-25-13-15-28(16-14-25)40-32(22-27-10-6-5-7-11-27)36-37-35(40)45-21-9-8-12-33(41)38-19-20-39(26(2)24-38)34(42)30-18-17-29(43-3)23-31(30)44-4/h5-7,10-11,13-18,23,26H,8-9,12,19-22,24H2,1-4H3. The second kappa shape index (κ2) is 15.1. The summed E-state index contributed by atoms with van der Waals surface area (Å²) < 4.78 is 12.8. The van der Waals surface area contributed by atoms with E-state index >= 15 is 0 Å². The maximum absolute atomic E-state index is 13.3. The molecule has 3 aromatic carbocycles. The summed E-state index contributed by atoms with van der Waals surface area (Å²) in [6, 6.07) is 23.8. The first-order valence-corrected chi connectivity index (χ1v) is 16.3. The SMILES string of the molecule is COc1ccc(C(=O)N2CCN(C(=O)CCCCSc3nnc(Cc4ccccc4)n3-c3ccc(C)cc3)CC2C)c(OC)c1. The summed E-state index contributed by atoms with van der Waals surface area (Å²) in [5.41, 5.74) is 3.93. The summed E-state index contributed by atoms with van der Waals surface area (Å²) >= 11 is 1.67. The summed E-state index contributed by atoms with van der Waals surface area (Å²) in [5, 5.41) is 9.95. The van der Waals surface area contributed by atoms with Gasteiger partial charge < -0.3 is 19.3 Å². The average molecular weight is 628 g/mol. The predicted octanol–water partition coefficient (Wildman–Crippen LogP) is 5.82. The van der Waals surface area contributed by atoms with Gasteiger partial charge in [0.2, 0.25) is 5.91 Å². The number of carbonyl (C=O) groups is 2. The molecule has 0 spiro atoms. The number of nitrogens with zero attached hydrogens (tertiary/aromatic N) is 5. The average Bonchev–Trinajstić information content (AvgIpc) is 3.46. The highest BCUT2D eigenvalue weighted by Crippen LogP contribution is 2.28. The minimum atomic E-state index is -0.101. The number of carbonyl (C=O) groups excluding carboxylic acids is 2. The fourth-order valence-electron chi connectivity index (χ4n) is 5.56. The smallest absolute Gasteiger partial charge is 0.257 e. The molecule has 1 aliphatic rings. The van der Waals surface area contributed by atoms with E-state index in [9.17, 15) is 9.59 Å². The topological polar surface area (TPSA) is 89.8 Å². The number of ether oxygens (including phenoxy) is 2. The van der Waals surface area contributed by atoms with Crippen molar-refractivity contribution in [2.75, 3.05) is 39.6 Å². The van der Waals surface area contributed by atoms with Crippen LogP contribution in [0.2, 0.25) is 0 Å². The number of thioether (sulfide) groups is 1. The summed E-state index contributed by atoms with van der Waals surface area (Å²) in [6.45, 7) is 5.59. The van der Waals surface area contributed by atoms with Gasteiger partial charge in [0.05, 0.1) is 19.8 Å². The summed E-state index contributed by atoms with van der Waals surface area (Å²) in [5.74, 6) is 2.88. The molecule has 0 radical (unpaired) electrons. The van der Waals surface area contributed by atoms with E-state index in [-0.39, 0.29) is 17.9 Å². The molecule has 1 fully saturated rings. The van der Waals surface area contributed by atoms with Gasteiger partial charge in [-0.3, -0.25) is 14.2 Å². The minimum absolute atomic E-state index is 0.100. The molecule has 0 bridgehead atoms. The number of aromatic nitrogens is 3. The number of benzene rings is 3. The zero-order valence-electron chi connectivity index (χ0n) is 26.4. The lowest BCUT2D eigenvalue weighted by atomic mass is 10.1. The van der Waals surface area contributed by atoms with Crippen LogP contribution in [0.4, 0.5) is 0 Å². The molecule has 0 saturated carbocycles. The Morgan fingerprint density at radius 3 is 2.42 bits per heavy atom. The molecule has 0 aliphatic carbocycles. The van der Waals surface area contributed by atoms with Crippen LogP contribution in [0.1, 0.15) is 53.5 Å². The highest BCUT2D eigenvalue weighted by molar-refractivity contribution is 7.99. The third kappa shape index (κ3) is 7.86. The van der Waals surface area contributed by atoms with E-state index in [1.165, 1.54) is 11.1 Å². The quantitative estimate of drug-likeness (QED) is 0.145. The van der Waals surface area contributed by atoms with Crippen LogP contribution in [0.15, 0.2) is 78.0 Å². The van der Waals surface area contributed by atoms with Crippen LogP contribution in [-0.4, -0.2) is 82.0 Å². The van der Waals surface area contributed by atoms with Gasteiger partial charge in [-0.05, 0) is 56.5 Å². The Labute approximate surface area is 269 Å². The van der Waals surface area contributed by atoms with Crippen molar-refractivity contribution in [3.63, 3.8) is 0 Å². The Morgan fingerprint density at radius 2 is 1.71 bits per heavy atom. The first-order valence-electron chi connectivity index (χ1n) is 15.4. The molecule has 5 rings (SSSR count). The van der Waals surface area contributed by atoms with Crippen LogP contribution in [0, 0.1) is 6.92 Å². The first kappa shape index (κ1) is 32.1. The number of hydrogen-bond donors (Lipinski definition) is 0. The van der Waals surface area contributed by atoms with Gasteiger partial charge >= 0.3 is 0 Å². The molecule has 2 heterocycles. The van der Waals surface area contributed by atoms with E-state index in [2.05, 4.69) is 58.1 Å². The van der Waals surface area contributed by atoms with Gasteiger partial charge in [0, 0.05) is 56.0 Å². The zero-order valence-corrected chi connectivity index (χ0v) is 27.3. The molecule has 1 aromatic heterocycles. The molecule has 2 amide bonds. The Kier molecular flexibility index (Phi) is 10.8. The number of rotatable bonds is 12. The summed E-state index contributed by atoms with van der Waals surface area (Å²) in [6.07, 6.45) is 2.85. The van der Waals surface area contributed by atoms with Gasteiger partial charge in [0.25, 0.3) is 5.91 Å². The maximum atomic E-state index is 13.3. The van der Waals surface area contributed by atoms with Crippen molar-refractivity contribution in [3.05, 3.63) is 95.3 Å². The van der Waals surface area contributed by atoms with Crippen molar-refractivity contribution in [2.45, 2.75) is 50.7 Å². The Balaban J connectivity index is 1.12. The van der Waals surface area contributed by atoms with E-state index in [0.717, 1.165) is 35.3 Å². The summed E-state index contributed by atoms with van der Waals surface area (Å²) in [7, 11) is 3.12. The fourth-order valence-corrected chi connectivity index (χ4v) is 6.53. The molecular formula is C35H41N5O4S. The van der Waals surface area contributed by atoms with E-state index in [4.69, 9.17) is 9.47 Å². The van der Waals surface area contributed by atoms with E-state index < -0.39 is 0 Å². The molecule has 45 heavy (non-hydrogen) atoms. The largest absolute Gasteiger partial charge is 0.497 e. The van der Waals surface area contributed by atoms with E-state index in [0.29, 0.717) is 49.5 Å². The minimum Gasteiger partial charge on any atom is -0.497 e. The van der Waals surface area contributed by atoms with Gasteiger partial charge in [-0.1, -0.05) is 59.8 Å². The van der Waals surface area contributed by atoms with E-state index in [1.807, 2.05) is 34.9 Å². The number of methoxy groups -OCH3 is 2. The third-order valence-electron chi connectivity index (χ3n) is 8.09. The normalized spacial score (nSPS) is 14.8. The van der Waals surface area contributed by atoms with Gasteiger partial charge in [0.15, 0.2) is 5.16 Å². The van der Waals surface area contributed by atoms with Crippen molar-refractivity contribution >= 4 is 23.6 Å². The highest BCUT2D eigenvalue weighted by atomic mass is 32.2. The summed E-state index contributed by atoms with van der Waals surface area (Å²) in [4.78, 5) is 30.1. The van der Waals surface area contributed by atoms with Gasteiger partial charge in [-0.15, -0.1) is 10.2 Å². The Morgan fingerprint density at radius 1 is 0.933 bits per heavy atom. The monoisotopic (exact) mass is 627 g/mol. The second-order valence-electron chi connectivity index (χ2n) is 11.3. The number of unbranched alkanes of at least 4 members (excludes halogenated alkanes) is 1. The van der Waals surface area contributed by atoms with Crippen LogP contribution >= 0.6 is 11.8 Å². The number of amides is 2. The van der Waals surface area contributed by atoms with Crippen molar-refractivity contribution < 1.29 is 19.1 Å². The van der Waals surface area contributed by atoms with Crippen molar-refractivity contribution in [1.82, 2.24) is 24.6 Å². The highest BCUT2D eigenvalue weighted by Gasteiger charge is 2.31. The van der Waals surface area contributed by atoms with Crippen molar-refractivity contribution in [2.24, 2.45) is 0 Å². The van der Waals surface area contributed by atoms with Crippen LogP contribution in [0.3, 0.4) is 0 Å². The Hall–Kier alpha value is -4.31. The lowest BCUT2D eigenvalue weighted by Gasteiger charge is -2.40. The number of hydrogen-bond acceptors (Lipinski definition) is 7. The molecular weight excluding hydrogens is 586 g/mol. The third-order valence-corrected chi connectivity index (χ3v) is 9.11. The lowest BCUT2D eigenvalue weighted by Crippen LogP contribution is -2.55. The molecule has 1 atom stereocenters. The molecule has 1 unspecified atom stereocenters. The predicted molar refractivity (Wildman–Crippen MR) is 177 cm³/mol. The van der Waals surface area contributed by atoms with E-state index in [1.54, 1.807) is 44.2 Å². The Bertz CT molecular complexity index is 1590. The molecule has 1 aliphatic heterocycles. The van der Waals surface area contributed by atoms with Crippen molar-refractivity contribution in [1.29, 1.82) is 0 Å². The van der Waals surface area contributed by atoms with Gasteiger partial charge in [0.1, 0.15) is 17.3 Å². The van der Waals surface area contributed by atoms with Crippen LogP contribution in [0.5, 0.6) is 11.5 Å². The molecule has 10 heteroatoms. The van der Waals surface area contributed by atoms with Crippen LogP contribution < -0.4 is 9.47 Å². The first-order chi connectivity index (χ1) is 21.9.